The molecule has 0 heterocycles. The fraction of sp³-hybridized carbons (Fsp3) is 0.235. The summed E-state index contributed by atoms with van der Waals surface area (Å²) in [6.07, 6.45) is 0. The molecule has 0 aliphatic rings. The summed E-state index contributed by atoms with van der Waals surface area (Å²) in [7, 11) is 1.59. The topological polar surface area (TPSA) is 59.6 Å². The van der Waals surface area contributed by atoms with Crippen molar-refractivity contribution in [3.8, 4) is 11.5 Å². The van der Waals surface area contributed by atoms with Crippen LogP contribution in [0.5, 0.6) is 11.5 Å². The summed E-state index contributed by atoms with van der Waals surface area (Å²) in [4.78, 5) is 11.6. The third kappa shape index (κ3) is 5.01. The minimum atomic E-state index is -0.215. The minimum Gasteiger partial charge on any atom is -0.493 e. The van der Waals surface area contributed by atoms with Crippen molar-refractivity contribution < 1.29 is 14.3 Å². The van der Waals surface area contributed by atoms with Gasteiger partial charge in [0, 0.05) is 6.54 Å². The van der Waals surface area contributed by atoms with Crippen LogP contribution in [0, 0.1) is 0 Å². The van der Waals surface area contributed by atoms with E-state index in [0.29, 0.717) is 31.2 Å². The first-order valence-electron chi connectivity index (χ1n) is 7.11. The standard InChI is InChI=1S/C17H20N2O3/c1-21-15-9-5-6-10-16(15)22-12-11-18-17(20)19-13-14-7-3-2-4-8-14/h2-10H,11-13H2,1H3,(H2,18,19,20). The van der Waals surface area contributed by atoms with Gasteiger partial charge in [-0.25, -0.2) is 4.79 Å². The smallest absolute Gasteiger partial charge is 0.315 e. The van der Waals surface area contributed by atoms with Crippen molar-refractivity contribution in [2.24, 2.45) is 0 Å². The van der Waals surface area contributed by atoms with E-state index >= 15 is 0 Å². The molecule has 0 aliphatic heterocycles. The summed E-state index contributed by atoms with van der Waals surface area (Å²) >= 11 is 0. The number of rotatable bonds is 7. The van der Waals surface area contributed by atoms with Gasteiger partial charge in [0.15, 0.2) is 11.5 Å². The Morgan fingerprint density at radius 1 is 0.955 bits per heavy atom. The van der Waals surface area contributed by atoms with Gasteiger partial charge in [-0.2, -0.15) is 0 Å². The number of para-hydroxylation sites is 2. The van der Waals surface area contributed by atoms with Crippen LogP contribution in [0.4, 0.5) is 4.79 Å². The van der Waals surface area contributed by atoms with Gasteiger partial charge in [-0.05, 0) is 17.7 Å². The normalized spacial score (nSPS) is 9.86. The first kappa shape index (κ1) is 15.7. The lowest BCUT2D eigenvalue weighted by Gasteiger charge is -2.11. The maximum atomic E-state index is 11.6. The van der Waals surface area contributed by atoms with Gasteiger partial charge in [-0.1, -0.05) is 42.5 Å². The summed E-state index contributed by atoms with van der Waals surface area (Å²) in [6.45, 7) is 1.29. The Morgan fingerprint density at radius 2 is 1.64 bits per heavy atom. The van der Waals surface area contributed by atoms with E-state index in [9.17, 15) is 4.79 Å². The fourth-order valence-electron chi connectivity index (χ4n) is 1.90. The highest BCUT2D eigenvalue weighted by atomic mass is 16.5. The van der Waals surface area contributed by atoms with Crippen molar-refractivity contribution in [1.29, 1.82) is 0 Å². The molecule has 0 saturated carbocycles. The molecule has 0 aromatic heterocycles. The average Bonchev–Trinajstić information content (AvgIpc) is 2.58. The Hall–Kier alpha value is -2.69. The molecule has 0 unspecified atom stereocenters. The Kier molecular flexibility index (Phi) is 6.11. The Labute approximate surface area is 130 Å². The lowest BCUT2D eigenvalue weighted by atomic mass is 10.2. The first-order valence-corrected chi connectivity index (χ1v) is 7.11. The van der Waals surface area contributed by atoms with Gasteiger partial charge < -0.3 is 20.1 Å². The van der Waals surface area contributed by atoms with Crippen molar-refractivity contribution in [3.63, 3.8) is 0 Å². The predicted molar refractivity (Wildman–Crippen MR) is 85.2 cm³/mol. The molecule has 0 atom stereocenters. The summed E-state index contributed by atoms with van der Waals surface area (Å²) in [5.74, 6) is 1.34. The number of amides is 2. The Morgan fingerprint density at radius 3 is 2.36 bits per heavy atom. The number of methoxy groups -OCH3 is 1. The van der Waals surface area contributed by atoms with Crippen molar-refractivity contribution in [3.05, 3.63) is 60.2 Å². The maximum absolute atomic E-state index is 11.6. The monoisotopic (exact) mass is 300 g/mol. The molecule has 2 aromatic carbocycles. The molecule has 0 aliphatic carbocycles. The molecule has 0 fully saturated rings. The van der Waals surface area contributed by atoms with Crippen LogP contribution in [0.25, 0.3) is 0 Å². The minimum absolute atomic E-state index is 0.215. The van der Waals surface area contributed by atoms with Gasteiger partial charge in [-0.15, -0.1) is 0 Å². The quantitative estimate of drug-likeness (QED) is 0.773. The summed E-state index contributed by atoms with van der Waals surface area (Å²) < 4.78 is 10.8. The van der Waals surface area contributed by atoms with E-state index in [1.165, 1.54) is 0 Å². The Balaban J connectivity index is 1.65. The van der Waals surface area contributed by atoms with Crippen molar-refractivity contribution in [1.82, 2.24) is 10.6 Å². The van der Waals surface area contributed by atoms with Crippen molar-refractivity contribution in [2.45, 2.75) is 6.54 Å². The third-order valence-corrected chi connectivity index (χ3v) is 3.01. The Bertz CT molecular complexity index is 587. The average molecular weight is 300 g/mol. The second kappa shape index (κ2) is 8.56. The lowest BCUT2D eigenvalue weighted by molar-refractivity contribution is 0.235. The number of hydrogen-bond acceptors (Lipinski definition) is 3. The van der Waals surface area contributed by atoms with E-state index in [1.807, 2.05) is 54.6 Å². The highest BCUT2D eigenvalue weighted by Gasteiger charge is 2.03. The van der Waals surface area contributed by atoms with Crippen LogP contribution in [0.2, 0.25) is 0 Å². The molecule has 0 saturated heterocycles. The van der Waals surface area contributed by atoms with E-state index in [4.69, 9.17) is 9.47 Å². The highest BCUT2D eigenvalue weighted by Crippen LogP contribution is 2.25. The largest absolute Gasteiger partial charge is 0.493 e. The maximum Gasteiger partial charge on any atom is 0.315 e. The zero-order valence-corrected chi connectivity index (χ0v) is 12.5. The van der Waals surface area contributed by atoms with Gasteiger partial charge in [0.05, 0.1) is 13.7 Å². The van der Waals surface area contributed by atoms with Crippen LogP contribution in [-0.4, -0.2) is 26.3 Å². The molecular formula is C17H20N2O3. The summed E-state index contributed by atoms with van der Waals surface area (Å²) in [5, 5.41) is 5.53. The zero-order chi connectivity index (χ0) is 15.6. The van der Waals surface area contributed by atoms with Crippen LogP contribution < -0.4 is 20.1 Å². The molecule has 5 heteroatoms. The second-order valence-corrected chi connectivity index (χ2v) is 4.59. The fourth-order valence-corrected chi connectivity index (χ4v) is 1.90. The molecule has 2 amide bonds. The molecule has 0 radical (unpaired) electrons. The first-order chi connectivity index (χ1) is 10.8. The van der Waals surface area contributed by atoms with Gasteiger partial charge in [0.2, 0.25) is 0 Å². The zero-order valence-electron chi connectivity index (χ0n) is 12.5. The number of urea groups is 1. The number of benzene rings is 2. The predicted octanol–water partition coefficient (Wildman–Crippen LogP) is 2.57. The van der Waals surface area contributed by atoms with Gasteiger partial charge in [0.1, 0.15) is 6.61 Å². The van der Waals surface area contributed by atoms with Crippen LogP contribution in [0.15, 0.2) is 54.6 Å². The number of carbonyl (C=O) groups is 1. The van der Waals surface area contributed by atoms with Crippen molar-refractivity contribution >= 4 is 6.03 Å². The molecule has 2 N–H and O–H groups in total. The second-order valence-electron chi connectivity index (χ2n) is 4.59. The number of carbonyl (C=O) groups excluding carboxylic acids is 1. The number of ether oxygens (including phenoxy) is 2. The summed E-state index contributed by atoms with van der Waals surface area (Å²) in [6, 6.07) is 16.9. The van der Waals surface area contributed by atoms with E-state index in [0.717, 1.165) is 5.56 Å². The summed E-state index contributed by atoms with van der Waals surface area (Å²) in [5.41, 5.74) is 1.06. The molecule has 116 valence electrons. The van der Waals surface area contributed by atoms with E-state index in [1.54, 1.807) is 7.11 Å². The highest BCUT2D eigenvalue weighted by molar-refractivity contribution is 5.73. The van der Waals surface area contributed by atoms with Crippen LogP contribution in [0.3, 0.4) is 0 Å². The van der Waals surface area contributed by atoms with E-state index in [-0.39, 0.29) is 6.03 Å². The molecular weight excluding hydrogens is 280 g/mol. The lowest BCUT2D eigenvalue weighted by Crippen LogP contribution is -2.37. The number of hydrogen-bond donors (Lipinski definition) is 2. The molecule has 22 heavy (non-hydrogen) atoms. The third-order valence-electron chi connectivity index (χ3n) is 3.01. The van der Waals surface area contributed by atoms with Crippen LogP contribution >= 0.6 is 0 Å². The van der Waals surface area contributed by atoms with E-state index < -0.39 is 0 Å². The molecule has 2 aromatic rings. The number of nitrogens with one attached hydrogen (secondary N) is 2. The molecule has 0 bridgehead atoms. The van der Waals surface area contributed by atoms with Gasteiger partial charge in [0.25, 0.3) is 0 Å². The van der Waals surface area contributed by atoms with Crippen LogP contribution in [-0.2, 0) is 6.54 Å². The molecule has 2 rings (SSSR count). The molecule has 0 spiro atoms. The van der Waals surface area contributed by atoms with Gasteiger partial charge in [-0.3, -0.25) is 0 Å². The van der Waals surface area contributed by atoms with Gasteiger partial charge >= 0.3 is 6.03 Å². The molecule has 5 nitrogen and oxygen atoms in total. The SMILES string of the molecule is COc1ccccc1OCCNC(=O)NCc1ccccc1. The van der Waals surface area contributed by atoms with Crippen LogP contribution in [0.1, 0.15) is 5.56 Å². The van der Waals surface area contributed by atoms with E-state index in [2.05, 4.69) is 10.6 Å². The van der Waals surface area contributed by atoms with Crippen molar-refractivity contribution in [2.75, 3.05) is 20.3 Å².